The Hall–Kier alpha value is -1.33. The summed E-state index contributed by atoms with van der Waals surface area (Å²) in [6.45, 7) is 5.11. The number of hydrogen-bond donors (Lipinski definition) is 1. The van der Waals surface area contributed by atoms with Crippen LogP contribution in [0.3, 0.4) is 0 Å². The summed E-state index contributed by atoms with van der Waals surface area (Å²) in [4.78, 5) is 4.46. The van der Waals surface area contributed by atoms with Crippen molar-refractivity contribution in [1.82, 2.24) is 24.6 Å². The second-order valence-corrected chi connectivity index (χ2v) is 5.51. The van der Waals surface area contributed by atoms with Gasteiger partial charge in [-0.3, -0.25) is 4.68 Å². The quantitative estimate of drug-likeness (QED) is 0.890. The first-order valence-corrected chi connectivity index (χ1v) is 7.30. The van der Waals surface area contributed by atoms with Gasteiger partial charge < -0.3 is 9.88 Å². The lowest BCUT2D eigenvalue weighted by Gasteiger charge is -2.16. The molecular formula is C14H22ClN5. The van der Waals surface area contributed by atoms with Crippen molar-refractivity contribution in [2.24, 2.45) is 14.1 Å². The molecule has 6 heteroatoms. The highest BCUT2D eigenvalue weighted by Crippen LogP contribution is 2.25. The Kier molecular flexibility index (Phi) is 4.83. The van der Waals surface area contributed by atoms with Crippen molar-refractivity contribution < 1.29 is 0 Å². The average Bonchev–Trinajstić information content (AvgIpc) is 2.93. The smallest absolute Gasteiger partial charge is 0.130 e. The maximum atomic E-state index is 6.33. The summed E-state index contributed by atoms with van der Waals surface area (Å²) in [6, 6.07) is 0.163. The molecule has 2 aromatic heterocycles. The predicted molar refractivity (Wildman–Crippen MR) is 80.9 cm³/mol. The minimum absolute atomic E-state index is 0.163. The maximum Gasteiger partial charge on any atom is 0.130 e. The van der Waals surface area contributed by atoms with Gasteiger partial charge in [0.25, 0.3) is 0 Å². The summed E-state index contributed by atoms with van der Waals surface area (Å²) in [6.07, 6.45) is 5.76. The molecule has 1 N–H and O–H groups in total. The first-order chi connectivity index (χ1) is 9.52. The van der Waals surface area contributed by atoms with E-state index in [-0.39, 0.29) is 6.04 Å². The summed E-state index contributed by atoms with van der Waals surface area (Å²) in [5.41, 5.74) is 3.12. The molecule has 0 fully saturated rings. The molecule has 1 atom stereocenters. The minimum Gasteiger partial charge on any atom is -0.340 e. The number of hydrogen-bond acceptors (Lipinski definition) is 3. The monoisotopic (exact) mass is 295 g/mol. The van der Waals surface area contributed by atoms with Crippen molar-refractivity contribution in [2.45, 2.75) is 32.7 Å². The third-order valence-electron chi connectivity index (χ3n) is 3.40. The van der Waals surface area contributed by atoms with Crippen LogP contribution in [0.2, 0.25) is 5.15 Å². The van der Waals surface area contributed by atoms with Gasteiger partial charge in [-0.15, -0.1) is 0 Å². The Balaban J connectivity index is 2.23. The fourth-order valence-corrected chi connectivity index (χ4v) is 2.57. The van der Waals surface area contributed by atoms with Gasteiger partial charge in [-0.1, -0.05) is 18.5 Å². The zero-order chi connectivity index (χ0) is 14.7. The third-order valence-corrected chi connectivity index (χ3v) is 3.87. The summed E-state index contributed by atoms with van der Waals surface area (Å²) >= 11 is 6.33. The van der Waals surface area contributed by atoms with Crippen LogP contribution in [0.5, 0.6) is 0 Å². The molecule has 0 saturated heterocycles. The first kappa shape index (κ1) is 15.1. The lowest BCUT2D eigenvalue weighted by atomic mass is 10.0. The molecule has 0 saturated carbocycles. The van der Waals surface area contributed by atoms with E-state index in [4.69, 9.17) is 11.6 Å². The highest BCUT2D eigenvalue weighted by Gasteiger charge is 2.19. The van der Waals surface area contributed by atoms with Crippen molar-refractivity contribution in [3.05, 3.63) is 34.6 Å². The van der Waals surface area contributed by atoms with Crippen LogP contribution in [0.15, 0.2) is 12.5 Å². The van der Waals surface area contributed by atoms with Crippen LogP contribution in [-0.4, -0.2) is 25.9 Å². The molecule has 2 aromatic rings. The molecule has 0 aromatic carbocycles. The van der Waals surface area contributed by atoms with Crippen molar-refractivity contribution in [1.29, 1.82) is 0 Å². The lowest BCUT2D eigenvalue weighted by Crippen LogP contribution is -2.24. The molecule has 0 aliphatic heterocycles. The summed E-state index contributed by atoms with van der Waals surface area (Å²) in [5.74, 6) is 0. The van der Waals surface area contributed by atoms with Gasteiger partial charge >= 0.3 is 0 Å². The second-order valence-electron chi connectivity index (χ2n) is 5.15. The van der Waals surface area contributed by atoms with Crippen molar-refractivity contribution >= 4 is 11.6 Å². The molecular weight excluding hydrogens is 274 g/mol. The van der Waals surface area contributed by atoms with Crippen molar-refractivity contribution in [3.8, 4) is 0 Å². The molecule has 2 heterocycles. The Morgan fingerprint density at radius 3 is 2.65 bits per heavy atom. The van der Waals surface area contributed by atoms with E-state index in [0.29, 0.717) is 5.15 Å². The van der Waals surface area contributed by atoms with Gasteiger partial charge in [-0.2, -0.15) is 5.10 Å². The largest absolute Gasteiger partial charge is 0.340 e. The third kappa shape index (κ3) is 3.22. The normalized spacial score (nSPS) is 12.8. The number of nitrogens with zero attached hydrogens (tertiary/aromatic N) is 4. The molecule has 0 aliphatic rings. The molecule has 20 heavy (non-hydrogen) atoms. The van der Waals surface area contributed by atoms with Gasteiger partial charge in [0, 0.05) is 25.9 Å². The molecule has 1 unspecified atom stereocenters. The fraction of sp³-hybridized carbons (Fsp3) is 0.571. The SMILES string of the molecule is CCCNC(Cc1c(C)nn(C)c1Cl)c1cn(C)cn1. The summed E-state index contributed by atoms with van der Waals surface area (Å²) in [5, 5.41) is 8.62. The van der Waals surface area contributed by atoms with Crippen molar-refractivity contribution in [2.75, 3.05) is 6.54 Å². The predicted octanol–water partition coefficient (Wildman–Crippen LogP) is 2.40. The van der Waals surface area contributed by atoms with Gasteiger partial charge in [-0.05, 0) is 26.3 Å². The van der Waals surface area contributed by atoms with E-state index in [1.54, 1.807) is 4.68 Å². The zero-order valence-electron chi connectivity index (χ0n) is 12.5. The van der Waals surface area contributed by atoms with Gasteiger partial charge in [0.15, 0.2) is 0 Å². The minimum atomic E-state index is 0.163. The number of rotatable bonds is 6. The highest BCUT2D eigenvalue weighted by atomic mass is 35.5. The average molecular weight is 296 g/mol. The molecule has 0 amide bonds. The zero-order valence-corrected chi connectivity index (χ0v) is 13.3. The molecule has 5 nitrogen and oxygen atoms in total. The van der Waals surface area contributed by atoms with Crippen molar-refractivity contribution in [3.63, 3.8) is 0 Å². The van der Waals surface area contributed by atoms with E-state index >= 15 is 0 Å². The molecule has 2 rings (SSSR count). The molecule has 0 bridgehead atoms. The van der Waals surface area contributed by atoms with E-state index in [2.05, 4.69) is 22.3 Å². The standard InChI is InChI=1S/C14H22ClN5/c1-5-6-16-12(13-8-19(3)9-17-13)7-11-10(2)18-20(4)14(11)15/h8-9,12,16H,5-7H2,1-4H3. The second kappa shape index (κ2) is 6.41. The number of imidazole rings is 1. The number of aromatic nitrogens is 4. The Labute approximate surface area is 125 Å². The van der Waals surface area contributed by atoms with Crippen LogP contribution in [-0.2, 0) is 20.5 Å². The molecule has 0 radical (unpaired) electrons. The van der Waals surface area contributed by atoms with Crippen LogP contribution in [0.4, 0.5) is 0 Å². The van der Waals surface area contributed by atoms with Gasteiger partial charge in [0.1, 0.15) is 5.15 Å². The van der Waals surface area contributed by atoms with Crippen LogP contribution in [0.25, 0.3) is 0 Å². The van der Waals surface area contributed by atoms with E-state index in [1.165, 1.54) is 0 Å². The van der Waals surface area contributed by atoms with E-state index in [1.807, 2.05) is 38.1 Å². The van der Waals surface area contributed by atoms with E-state index < -0.39 is 0 Å². The van der Waals surface area contributed by atoms with Gasteiger partial charge in [0.05, 0.1) is 23.8 Å². The lowest BCUT2D eigenvalue weighted by molar-refractivity contribution is 0.518. The van der Waals surface area contributed by atoms with Crippen LogP contribution in [0, 0.1) is 6.92 Å². The van der Waals surface area contributed by atoms with Crippen LogP contribution in [0.1, 0.15) is 36.3 Å². The van der Waals surface area contributed by atoms with Crippen LogP contribution >= 0.6 is 11.6 Å². The number of nitrogens with one attached hydrogen (secondary N) is 1. The van der Waals surface area contributed by atoms with Gasteiger partial charge in [-0.25, -0.2) is 4.98 Å². The molecule has 0 aliphatic carbocycles. The molecule has 110 valence electrons. The maximum absolute atomic E-state index is 6.33. The highest BCUT2D eigenvalue weighted by molar-refractivity contribution is 6.30. The first-order valence-electron chi connectivity index (χ1n) is 6.92. The topological polar surface area (TPSA) is 47.7 Å². The number of halogens is 1. The Morgan fingerprint density at radius 1 is 1.40 bits per heavy atom. The number of aryl methyl sites for hydroxylation is 3. The fourth-order valence-electron chi connectivity index (χ4n) is 2.32. The Morgan fingerprint density at radius 2 is 2.15 bits per heavy atom. The van der Waals surface area contributed by atoms with E-state index in [0.717, 1.165) is 36.3 Å². The summed E-state index contributed by atoms with van der Waals surface area (Å²) < 4.78 is 3.69. The van der Waals surface area contributed by atoms with Gasteiger partial charge in [0.2, 0.25) is 0 Å². The Bertz CT molecular complexity index is 572. The molecule has 0 spiro atoms. The van der Waals surface area contributed by atoms with E-state index in [9.17, 15) is 0 Å². The summed E-state index contributed by atoms with van der Waals surface area (Å²) in [7, 11) is 3.85. The van der Waals surface area contributed by atoms with Crippen LogP contribution < -0.4 is 5.32 Å².